The van der Waals surface area contributed by atoms with Crippen molar-refractivity contribution in [3.8, 4) is 0 Å². The van der Waals surface area contributed by atoms with Crippen molar-refractivity contribution < 1.29 is 9.39 Å². The van der Waals surface area contributed by atoms with Crippen LogP contribution in [0.25, 0.3) is 0 Å². The maximum Gasteiger partial charge on any atom is 0.264 e. The lowest BCUT2D eigenvalue weighted by Crippen LogP contribution is -2.53. The number of nitrogens with zero attached hydrogens (tertiary/aromatic N) is 4. The van der Waals surface area contributed by atoms with Gasteiger partial charge < -0.3 is 10.6 Å². The zero-order valence-electron chi connectivity index (χ0n) is 18.0. The molecule has 0 bridgehead atoms. The lowest BCUT2D eigenvalue weighted by Gasteiger charge is -2.26. The summed E-state index contributed by atoms with van der Waals surface area (Å²) in [6.45, 7) is 3.04. The number of aromatic nitrogens is 1. The Balaban J connectivity index is 1.40. The third-order valence-electron chi connectivity index (χ3n) is 6.09. The lowest BCUT2D eigenvalue weighted by molar-refractivity contribution is -0.750. The minimum atomic E-state index is -0.207. The Morgan fingerprint density at radius 1 is 1.28 bits per heavy atom. The van der Waals surface area contributed by atoms with Crippen LogP contribution < -0.4 is 16.5 Å². The zero-order valence-corrected chi connectivity index (χ0v) is 18.0. The van der Waals surface area contributed by atoms with Gasteiger partial charge in [-0.25, -0.2) is 4.98 Å². The highest BCUT2D eigenvalue weighted by Crippen LogP contribution is 2.34. The van der Waals surface area contributed by atoms with Crippen LogP contribution in [0.5, 0.6) is 0 Å². The summed E-state index contributed by atoms with van der Waals surface area (Å²) in [7, 11) is 0. The lowest BCUT2D eigenvalue weighted by atomic mass is 10.1. The van der Waals surface area contributed by atoms with E-state index >= 15 is 0 Å². The van der Waals surface area contributed by atoms with Gasteiger partial charge in [-0.05, 0) is 67.8 Å². The number of amidine groups is 1. The van der Waals surface area contributed by atoms with Gasteiger partial charge in [0, 0.05) is 11.8 Å². The minimum absolute atomic E-state index is 0.0176. The molecule has 2 unspecified atom stereocenters. The number of nitrogens with one attached hydrogen (secondary N) is 2. The molecule has 1 aromatic carbocycles. The summed E-state index contributed by atoms with van der Waals surface area (Å²) in [4.78, 5) is 26.2. The molecule has 2 atom stereocenters. The quantitative estimate of drug-likeness (QED) is 0.503. The van der Waals surface area contributed by atoms with Gasteiger partial charge in [-0.2, -0.15) is 10.8 Å². The van der Waals surface area contributed by atoms with E-state index in [1.165, 1.54) is 0 Å². The fourth-order valence-corrected chi connectivity index (χ4v) is 4.30. The van der Waals surface area contributed by atoms with Crippen molar-refractivity contribution in [2.45, 2.75) is 32.2 Å². The van der Waals surface area contributed by atoms with E-state index in [9.17, 15) is 4.79 Å². The molecule has 1 amide bonds. The van der Waals surface area contributed by atoms with Crippen LogP contribution in [0.3, 0.4) is 0 Å². The summed E-state index contributed by atoms with van der Waals surface area (Å²) in [5.41, 5.74) is 4.35. The van der Waals surface area contributed by atoms with Crippen LogP contribution >= 0.6 is 0 Å². The topological polar surface area (TPSA) is 105 Å². The monoisotopic (exact) mass is 428 g/mol. The molecule has 3 aliphatic heterocycles. The number of nitrogens with two attached hydrogens (primary N) is 1. The normalized spacial score (nSPS) is 23.9. The molecular formula is C24H26N7O+. The van der Waals surface area contributed by atoms with Gasteiger partial charge in [0.1, 0.15) is 17.7 Å². The number of hydrogen-bond acceptors (Lipinski definition) is 6. The van der Waals surface area contributed by atoms with E-state index in [4.69, 9.17) is 10.8 Å². The number of carbonyl (C=O) groups excluding carboxylic acids is 1. The number of aliphatic imine (C=N–C) groups is 2. The van der Waals surface area contributed by atoms with Gasteiger partial charge in [0.15, 0.2) is 0 Å². The number of benzene rings is 1. The van der Waals surface area contributed by atoms with Crippen molar-refractivity contribution in [3.63, 3.8) is 0 Å². The van der Waals surface area contributed by atoms with Crippen LogP contribution in [0.1, 0.15) is 41.3 Å². The highest BCUT2D eigenvalue weighted by Gasteiger charge is 2.46. The van der Waals surface area contributed by atoms with Crippen LogP contribution in [-0.2, 0) is 6.42 Å². The van der Waals surface area contributed by atoms with Crippen LogP contribution in [0.4, 0.5) is 5.82 Å². The van der Waals surface area contributed by atoms with Crippen LogP contribution in [0, 0.1) is 0 Å². The zero-order chi connectivity index (χ0) is 22.1. The second-order valence-electron chi connectivity index (χ2n) is 8.14. The molecule has 2 aromatic rings. The number of pyridine rings is 1. The molecule has 1 aromatic heterocycles. The molecule has 0 saturated carbocycles. The molecule has 3 aliphatic rings. The smallest absolute Gasteiger partial charge is 0.264 e. The summed E-state index contributed by atoms with van der Waals surface area (Å²) in [6, 6.07) is 11.4. The number of aryl methyl sites for hydroxylation is 1. The minimum Gasteiger partial charge on any atom is -0.308 e. The second kappa shape index (κ2) is 8.23. The van der Waals surface area contributed by atoms with Crippen LogP contribution in [-0.4, -0.2) is 40.1 Å². The summed E-state index contributed by atoms with van der Waals surface area (Å²) < 4.78 is -0.0176. The molecule has 4 heterocycles. The third kappa shape index (κ3) is 3.58. The average molecular weight is 429 g/mol. The van der Waals surface area contributed by atoms with E-state index in [0.29, 0.717) is 11.4 Å². The van der Waals surface area contributed by atoms with Gasteiger partial charge >= 0.3 is 0 Å². The molecule has 8 heteroatoms. The Bertz CT molecular complexity index is 1170. The van der Waals surface area contributed by atoms with E-state index < -0.39 is 0 Å². The molecule has 4 N–H and O–H groups in total. The summed E-state index contributed by atoms with van der Waals surface area (Å²) in [5.74, 6) is 7.84. The van der Waals surface area contributed by atoms with Gasteiger partial charge in [0.05, 0.1) is 24.0 Å². The van der Waals surface area contributed by atoms with Gasteiger partial charge in [-0.1, -0.05) is 6.92 Å². The molecule has 32 heavy (non-hydrogen) atoms. The fourth-order valence-electron chi connectivity index (χ4n) is 4.30. The first kappa shape index (κ1) is 20.4. The number of allylic oxidation sites excluding steroid dienone is 1. The Hall–Kier alpha value is -3.46. The first-order valence-electron chi connectivity index (χ1n) is 10.9. The van der Waals surface area contributed by atoms with E-state index in [1.54, 1.807) is 30.7 Å². The Morgan fingerprint density at radius 2 is 2.12 bits per heavy atom. The van der Waals surface area contributed by atoms with E-state index in [-0.39, 0.29) is 16.5 Å². The molecule has 5 rings (SSSR count). The Morgan fingerprint density at radius 3 is 2.88 bits per heavy atom. The number of anilines is 1. The van der Waals surface area contributed by atoms with Gasteiger partial charge in [-0.15, -0.1) is 4.59 Å². The number of carbonyl (C=O) groups is 1. The molecule has 0 aliphatic carbocycles. The van der Waals surface area contributed by atoms with Crippen molar-refractivity contribution in [2.75, 3.05) is 11.9 Å². The molecule has 0 spiro atoms. The SMILES string of the molecule is CCc1ccnc(NC(=O)c2ccc(C3=NC(C4CCCN4)=C4C=NC=C[N+]34N)cc2)c1. The van der Waals surface area contributed by atoms with Crippen molar-refractivity contribution in [3.05, 3.63) is 83.1 Å². The summed E-state index contributed by atoms with van der Waals surface area (Å²) in [5, 5.41) is 6.37. The van der Waals surface area contributed by atoms with Gasteiger partial charge in [0.25, 0.3) is 11.7 Å². The third-order valence-corrected chi connectivity index (χ3v) is 6.09. The maximum absolute atomic E-state index is 12.7. The van der Waals surface area contributed by atoms with Crippen molar-refractivity contribution in [1.29, 1.82) is 0 Å². The number of fused-ring (bicyclic) bond motifs is 1. The molecule has 162 valence electrons. The predicted octanol–water partition coefficient (Wildman–Crippen LogP) is 2.87. The van der Waals surface area contributed by atoms with Crippen LogP contribution in [0.2, 0.25) is 0 Å². The molecular weight excluding hydrogens is 402 g/mol. The highest BCUT2D eigenvalue weighted by molar-refractivity contribution is 6.05. The number of rotatable bonds is 5. The predicted molar refractivity (Wildman–Crippen MR) is 125 cm³/mol. The fraction of sp³-hybridized carbons (Fsp3) is 0.250. The largest absolute Gasteiger partial charge is 0.308 e. The molecule has 8 nitrogen and oxygen atoms in total. The van der Waals surface area contributed by atoms with Crippen LogP contribution in [0.15, 0.2) is 76.4 Å². The van der Waals surface area contributed by atoms with E-state index in [0.717, 1.165) is 54.2 Å². The average Bonchev–Trinajstić information content (AvgIpc) is 3.45. The van der Waals surface area contributed by atoms with E-state index in [1.807, 2.05) is 30.5 Å². The summed E-state index contributed by atoms with van der Waals surface area (Å²) in [6.07, 6.45) is 10.1. The first-order chi connectivity index (χ1) is 15.6. The number of quaternary nitrogens is 1. The molecule has 1 saturated heterocycles. The van der Waals surface area contributed by atoms with Crippen molar-refractivity contribution >= 4 is 23.8 Å². The second-order valence-corrected chi connectivity index (χ2v) is 8.14. The first-order valence-corrected chi connectivity index (χ1v) is 10.9. The van der Waals surface area contributed by atoms with Crippen molar-refractivity contribution in [1.82, 2.24) is 10.3 Å². The van der Waals surface area contributed by atoms with Gasteiger partial charge in [-0.3, -0.25) is 9.79 Å². The van der Waals surface area contributed by atoms with Gasteiger partial charge in [0.2, 0.25) is 5.70 Å². The number of hydrogen-bond donors (Lipinski definition) is 3. The Kier molecular flexibility index (Phi) is 5.26. The highest BCUT2D eigenvalue weighted by atomic mass is 16.1. The Labute approximate surface area is 186 Å². The van der Waals surface area contributed by atoms with E-state index in [2.05, 4.69) is 27.5 Å². The summed E-state index contributed by atoms with van der Waals surface area (Å²) >= 11 is 0. The van der Waals surface area contributed by atoms with Crippen molar-refractivity contribution in [2.24, 2.45) is 15.8 Å². The maximum atomic E-state index is 12.7. The molecule has 0 radical (unpaired) electrons. The molecule has 1 fully saturated rings. The standard InChI is InChI=1S/C24H25N7O/c1-2-16-9-11-28-21(14-16)29-24(32)18-7-5-17(6-8-18)23-30-22(19-4-3-10-27-19)20-15-26-12-13-31(20,23)25/h5-9,11-15,19,27H,2-4,10,25H2,1H3/p+1. The number of amides is 1.